The molecule has 0 unspecified atom stereocenters. The van der Waals surface area contributed by atoms with Gasteiger partial charge in [-0.25, -0.2) is 4.98 Å². The summed E-state index contributed by atoms with van der Waals surface area (Å²) in [5.41, 5.74) is 0.733. The van der Waals surface area contributed by atoms with Gasteiger partial charge in [0, 0.05) is 13.1 Å². The average Bonchev–Trinajstić information content (AvgIpc) is 2.72. The number of H-pyrrole nitrogens is 1. The van der Waals surface area contributed by atoms with E-state index < -0.39 is 0 Å². The largest absolute Gasteiger partial charge is 0.308 e. The zero-order valence-electron chi connectivity index (χ0n) is 9.65. The summed E-state index contributed by atoms with van der Waals surface area (Å²) >= 11 is 4.81. The van der Waals surface area contributed by atoms with Gasteiger partial charge in [0.1, 0.15) is 10.5 Å². The lowest BCUT2D eigenvalue weighted by Crippen LogP contribution is -2.28. The molecule has 1 N–H and O–H groups in total. The summed E-state index contributed by atoms with van der Waals surface area (Å²) in [7, 11) is 0. The Morgan fingerprint density at radius 1 is 1.50 bits per heavy atom. The van der Waals surface area contributed by atoms with Crippen LogP contribution in [0.25, 0.3) is 10.2 Å². The Hall–Kier alpha value is -0.980. The van der Waals surface area contributed by atoms with Crippen LogP contribution in [0.4, 0.5) is 0 Å². The van der Waals surface area contributed by atoms with Gasteiger partial charge in [-0.3, -0.25) is 9.69 Å². The predicted molar refractivity (Wildman–Crippen MR) is 77.0 cm³/mol. The standard InChI is InChI=1S/C12H12BrN3OS/c13-9-6-8-11(18-9)12(17)15-10(14-8)7-16-4-2-1-3-5-16/h1-2,6H,3-5,7H2,(H,14,15,17). The van der Waals surface area contributed by atoms with Gasteiger partial charge in [-0.05, 0) is 28.4 Å². The molecule has 0 radical (unpaired) electrons. The van der Waals surface area contributed by atoms with Crippen molar-refractivity contribution in [3.05, 3.63) is 38.2 Å². The Morgan fingerprint density at radius 3 is 3.17 bits per heavy atom. The fourth-order valence-corrected chi connectivity index (χ4v) is 3.50. The molecule has 0 aliphatic carbocycles. The average molecular weight is 326 g/mol. The third-order valence-corrected chi connectivity index (χ3v) is 4.54. The Balaban J connectivity index is 1.92. The molecule has 94 valence electrons. The molecule has 2 aromatic heterocycles. The molecular formula is C12H12BrN3OS. The number of aromatic nitrogens is 2. The summed E-state index contributed by atoms with van der Waals surface area (Å²) in [6, 6.07) is 1.90. The molecule has 0 saturated heterocycles. The molecule has 0 amide bonds. The van der Waals surface area contributed by atoms with Crippen LogP contribution >= 0.6 is 27.3 Å². The number of hydrogen-bond acceptors (Lipinski definition) is 4. The van der Waals surface area contributed by atoms with Crippen LogP contribution in [0.2, 0.25) is 0 Å². The molecule has 1 aliphatic rings. The SMILES string of the molecule is O=c1[nH]c(CN2CC=CCC2)nc2cc(Br)sc12. The zero-order valence-corrected chi connectivity index (χ0v) is 12.1. The van der Waals surface area contributed by atoms with Crippen molar-refractivity contribution >= 4 is 37.5 Å². The van der Waals surface area contributed by atoms with Gasteiger partial charge in [0.2, 0.25) is 0 Å². The molecule has 6 heteroatoms. The quantitative estimate of drug-likeness (QED) is 0.863. The van der Waals surface area contributed by atoms with Gasteiger partial charge in [-0.15, -0.1) is 11.3 Å². The van der Waals surface area contributed by atoms with Gasteiger partial charge in [-0.2, -0.15) is 0 Å². The van der Waals surface area contributed by atoms with Crippen molar-refractivity contribution in [2.75, 3.05) is 13.1 Å². The van der Waals surface area contributed by atoms with E-state index in [0.29, 0.717) is 11.2 Å². The molecule has 0 aromatic carbocycles. The first-order valence-electron chi connectivity index (χ1n) is 5.78. The lowest BCUT2D eigenvalue weighted by molar-refractivity contribution is 0.283. The van der Waals surface area contributed by atoms with Gasteiger partial charge in [0.15, 0.2) is 0 Å². The first-order valence-corrected chi connectivity index (χ1v) is 7.39. The van der Waals surface area contributed by atoms with Crippen LogP contribution in [0.15, 0.2) is 26.8 Å². The molecule has 3 heterocycles. The topological polar surface area (TPSA) is 49.0 Å². The van der Waals surface area contributed by atoms with E-state index in [1.165, 1.54) is 11.3 Å². The highest BCUT2D eigenvalue weighted by Crippen LogP contribution is 2.25. The fourth-order valence-electron chi connectivity index (χ4n) is 2.08. The number of hydrogen-bond donors (Lipinski definition) is 1. The summed E-state index contributed by atoms with van der Waals surface area (Å²) < 4.78 is 1.62. The minimum atomic E-state index is -0.0433. The number of fused-ring (bicyclic) bond motifs is 1. The Kier molecular flexibility index (Phi) is 3.32. The second-order valence-corrected chi connectivity index (χ2v) is 6.70. The van der Waals surface area contributed by atoms with Crippen LogP contribution in [-0.2, 0) is 6.54 Å². The highest BCUT2D eigenvalue weighted by molar-refractivity contribution is 9.11. The van der Waals surface area contributed by atoms with E-state index in [9.17, 15) is 4.79 Å². The predicted octanol–water partition coefficient (Wildman–Crippen LogP) is 2.51. The summed E-state index contributed by atoms with van der Waals surface area (Å²) in [5, 5.41) is 0. The maximum atomic E-state index is 11.9. The maximum absolute atomic E-state index is 11.9. The minimum Gasteiger partial charge on any atom is -0.308 e. The number of aromatic amines is 1. The second kappa shape index (κ2) is 4.95. The first kappa shape index (κ1) is 12.1. The molecular weight excluding hydrogens is 314 g/mol. The van der Waals surface area contributed by atoms with E-state index in [1.54, 1.807) is 0 Å². The van der Waals surface area contributed by atoms with Crippen LogP contribution in [0.1, 0.15) is 12.2 Å². The van der Waals surface area contributed by atoms with E-state index in [2.05, 4.69) is 42.9 Å². The van der Waals surface area contributed by atoms with Crippen molar-refractivity contribution in [2.45, 2.75) is 13.0 Å². The van der Waals surface area contributed by atoms with Gasteiger partial charge < -0.3 is 4.98 Å². The van der Waals surface area contributed by atoms with E-state index in [4.69, 9.17) is 0 Å². The normalized spacial score (nSPS) is 16.5. The smallest absolute Gasteiger partial charge is 0.268 e. The molecule has 1 aliphatic heterocycles. The first-order chi connectivity index (χ1) is 8.72. The molecule has 0 saturated carbocycles. The third kappa shape index (κ3) is 2.41. The Morgan fingerprint density at radius 2 is 2.39 bits per heavy atom. The number of rotatable bonds is 2. The maximum Gasteiger partial charge on any atom is 0.268 e. The van der Waals surface area contributed by atoms with Crippen LogP contribution in [0.3, 0.4) is 0 Å². The van der Waals surface area contributed by atoms with E-state index in [0.717, 1.165) is 34.6 Å². The highest BCUT2D eigenvalue weighted by Gasteiger charge is 2.11. The fraction of sp³-hybridized carbons (Fsp3) is 0.333. The Bertz CT molecular complexity index is 661. The Labute approximate surface area is 116 Å². The number of halogens is 1. The van der Waals surface area contributed by atoms with Crippen molar-refractivity contribution in [3.8, 4) is 0 Å². The van der Waals surface area contributed by atoms with Crippen LogP contribution in [-0.4, -0.2) is 28.0 Å². The molecule has 2 aromatic rings. The van der Waals surface area contributed by atoms with Crippen molar-refractivity contribution in [2.24, 2.45) is 0 Å². The lowest BCUT2D eigenvalue weighted by atomic mass is 10.2. The molecule has 3 rings (SSSR count). The van der Waals surface area contributed by atoms with E-state index >= 15 is 0 Å². The van der Waals surface area contributed by atoms with E-state index in [1.807, 2.05) is 6.07 Å². The van der Waals surface area contributed by atoms with Crippen molar-refractivity contribution in [3.63, 3.8) is 0 Å². The highest BCUT2D eigenvalue weighted by atomic mass is 79.9. The minimum absolute atomic E-state index is 0.0433. The van der Waals surface area contributed by atoms with Crippen LogP contribution in [0, 0.1) is 0 Å². The summed E-state index contributed by atoms with van der Waals surface area (Å²) in [4.78, 5) is 21.6. The monoisotopic (exact) mass is 325 g/mol. The molecule has 18 heavy (non-hydrogen) atoms. The van der Waals surface area contributed by atoms with Crippen molar-refractivity contribution in [1.29, 1.82) is 0 Å². The van der Waals surface area contributed by atoms with Gasteiger partial charge in [-0.1, -0.05) is 12.2 Å². The van der Waals surface area contributed by atoms with Gasteiger partial charge in [0.05, 0.1) is 15.8 Å². The number of thiophene rings is 1. The van der Waals surface area contributed by atoms with Gasteiger partial charge >= 0.3 is 0 Å². The lowest BCUT2D eigenvalue weighted by Gasteiger charge is -2.21. The van der Waals surface area contributed by atoms with E-state index in [-0.39, 0.29) is 5.56 Å². The molecule has 0 fully saturated rings. The second-order valence-electron chi connectivity index (χ2n) is 4.27. The third-order valence-electron chi connectivity index (χ3n) is 2.92. The molecule has 0 spiro atoms. The van der Waals surface area contributed by atoms with Crippen LogP contribution < -0.4 is 5.56 Å². The summed E-state index contributed by atoms with van der Waals surface area (Å²) in [6.45, 7) is 2.64. The van der Waals surface area contributed by atoms with Crippen LogP contribution in [0.5, 0.6) is 0 Å². The molecule has 4 nitrogen and oxygen atoms in total. The molecule has 0 bridgehead atoms. The molecule has 0 atom stereocenters. The summed E-state index contributed by atoms with van der Waals surface area (Å²) in [5.74, 6) is 0.744. The van der Waals surface area contributed by atoms with Crippen molar-refractivity contribution in [1.82, 2.24) is 14.9 Å². The van der Waals surface area contributed by atoms with Crippen molar-refractivity contribution < 1.29 is 0 Å². The van der Waals surface area contributed by atoms with Gasteiger partial charge in [0.25, 0.3) is 5.56 Å². The number of nitrogens with zero attached hydrogens (tertiary/aromatic N) is 2. The summed E-state index contributed by atoms with van der Waals surface area (Å²) in [6.07, 6.45) is 5.41. The zero-order chi connectivity index (χ0) is 12.5. The number of nitrogens with one attached hydrogen (secondary N) is 1.